The fourth-order valence-electron chi connectivity index (χ4n) is 4.25. The Morgan fingerprint density at radius 3 is 2.75 bits per heavy atom. The highest BCUT2D eigenvalue weighted by Gasteiger charge is 2.17. The maximum atomic E-state index is 12.9. The molecular formula is C25H26N6O. The maximum absolute atomic E-state index is 12.9. The van der Waals surface area contributed by atoms with Crippen molar-refractivity contribution in [3.8, 4) is 11.1 Å². The Balaban J connectivity index is 1.42. The molecule has 3 aromatic heterocycles. The van der Waals surface area contributed by atoms with Gasteiger partial charge in [-0.05, 0) is 73.8 Å². The number of carbonyl (C=O) groups excluding carboxylic acids is 1. The van der Waals surface area contributed by atoms with Crippen LogP contribution in [0.1, 0.15) is 40.9 Å². The average Bonchev–Trinajstić information content (AvgIpc) is 3.25. The van der Waals surface area contributed by atoms with Crippen LogP contribution in [0.2, 0.25) is 0 Å². The van der Waals surface area contributed by atoms with Gasteiger partial charge in [-0.25, -0.2) is 0 Å². The van der Waals surface area contributed by atoms with Crippen LogP contribution in [0.25, 0.3) is 22.0 Å². The molecule has 5 rings (SSSR count). The Labute approximate surface area is 186 Å². The van der Waals surface area contributed by atoms with Gasteiger partial charge in [0.2, 0.25) is 0 Å². The van der Waals surface area contributed by atoms with Gasteiger partial charge in [-0.15, -0.1) is 0 Å². The molecule has 1 aliphatic rings. The number of anilines is 1. The van der Waals surface area contributed by atoms with Crippen LogP contribution >= 0.6 is 0 Å². The number of amides is 1. The number of fused-ring (bicyclic) bond motifs is 1. The van der Waals surface area contributed by atoms with Crippen molar-refractivity contribution >= 4 is 22.5 Å². The Hall–Kier alpha value is -3.58. The minimum Gasteiger partial charge on any atom is -0.319 e. The fourth-order valence-corrected chi connectivity index (χ4v) is 4.25. The lowest BCUT2D eigenvalue weighted by Crippen LogP contribution is -2.29. The van der Waals surface area contributed by atoms with Crippen molar-refractivity contribution in [1.29, 1.82) is 0 Å². The van der Waals surface area contributed by atoms with Crippen LogP contribution < -0.4 is 5.32 Å². The molecule has 32 heavy (non-hydrogen) atoms. The van der Waals surface area contributed by atoms with Gasteiger partial charge >= 0.3 is 0 Å². The first-order valence-corrected chi connectivity index (χ1v) is 11.0. The van der Waals surface area contributed by atoms with Crippen LogP contribution in [0.5, 0.6) is 0 Å². The van der Waals surface area contributed by atoms with E-state index in [-0.39, 0.29) is 5.91 Å². The molecule has 1 saturated heterocycles. The summed E-state index contributed by atoms with van der Waals surface area (Å²) in [5.74, 6) is -0.263. The zero-order chi connectivity index (χ0) is 21.9. The third kappa shape index (κ3) is 4.24. The third-order valence-electron chi connectivity index (χ3n) is 6.05. The van der Waals surface area contributed by atoms with Crippen LogP contribution in [0.3, 0.4) is 0 Å². The molecule has 0 aliphatic carbocycles. The summed E-state index contributed by atoms with van der Waals surface area (Å²) in [6, 6.07) is 10.1. The van der Waals surface area contributed by atoms with Crippen LogP contribution in [-0.4, -0.2) is 44.1 Å². The van der Waals surface area contributed by atoms with E-state index in [1.165, 1.54) is 24.8 Å². The molecule has 0 saturated carbocycles. The van der Waals surface area contributed by atoms with Gasteiger partial charge in [0.15, 0.2) is 5.69 Å². The van der Waals surface area contributed by atoms with E-state index < -0.39 is 0 Å². The van der Waals surface area contributed by atoms with Crippen molar-refractivity contribution in [3.63, 3.8) is 0 Å². The zero-order valence-corrected chi connectivity index (χ0v) is 18.1. The first-order valence-electron chi connectivity index (χ1n) is 11.0. The van der Waals surface area contributed by atoms with E-state index in [0.29, 0.717) is 11.4 Å². The number of nitrogens with one attached hydrogen (secondary N) is 2. The minimum absolute atomic E-state index is 0.263. The number of nitrogens with zero attached hydrogens (tertiary/aromatic N) is 4. The van der Waals surface area contributed by atoms with E-state index >= 15 is 0 Å². The second-order valence-corrected chi connectivity index (χ2v) is 8.40. The number of aromatic amines is 1. The zero-order valence-electron chi connectivity index (χ0n) is 18.1. The van der Waals surface area contributed by atoms with Gasteiger partial charge in [-0.3, -0.25) is 24.8 Å². The molecule has 4 aromatic rings. The number of piperidine rings is 1. The summed E-state index contributed by atoms with van der Waals surface area (Å²) in [4.78, 5) is 24.0. The van der Waals surface area contributed by atoms with E-state index in [4.69, 9.17) is 0 Å². The van der Waals surface area contributed by atoms with Crippen molar-refractivity contribution < 1.29 is 4.79 Å². The molecule has 7 nitrogen and oxygen atoms in total. The average molecular weight is 427 g/mol. The van der Waals surface area contributed by atoms with E-state index in [9.17, 15) is 4.79 Å². The topological polar surface area (TPSA) is 86.8 Å². The molecule has 162 valence electrons. The van der Waals surface area contributed by atoms with Crippen molar-refractivity contribution in [3.05, 3.63) is 71.9 Å². The summed E-state index contributed by atoms with van der Waals surface area (Å²) < 4.78 is 0. The third-order valence-corrected chi connectivity index (χ3v) is 6.05. The molecule has 0 atom stereocenters. The smallest absolute Gasteiger partial charge is 0.276 e. The SMILES string of the molecule is Cc1ccncc1NC(=O)c1n[nH]c2ccc(-c3cncc(CN4CCCCC4)c3)cc12. The van der Waals surface area contributed by atoms with Crippen LogP contribution in [0.15, 0.2) is 55.1 Å². The maximum Gasteiger partial charge on any atom is 0.276 e. The largest absolute Gasteiger partial charge is 0.319 e. The number of aromatic nitrogens is 4. The second-order valence-electron chi connectivity index (χ2n) is 8.40. The first kappa shape index (κ1) is 20.3. The highest BCUT2D eigenvalue weighted by molar-refractivity contribution is 6.11. The summed E-state index contributed by atoms with van der Waals surface area (Å²) in [7, 11) is 0. The van der Waals surface area contributed by atoms with Crippen molar-refractivity contribution in [2.45, 2.75) is 32.7 Å². The number of likely N-dealkylation sites (tertiary alicyclic amines) is 1. The lowest BCUT2D eigenvalue weighted by atomic mass is 10.0. The van der Waals surface area contributed by atoms with E-state index in [2.05, 4.69) is 36.4 Å². The van der Waals surface area contributed by atoms with Crippen LogP contribution in [-0.2, 0) is 6.54 Å². The Bertz CT molecular complexity index is 1260. The normalized spacial score (nSPS) is 14.5. The summed E-state index contributed by atoms with van der Waals surface area (Å²) >= 11 is 0. The van der Waals surface area contributed by atoms with Gasteiger partial charge in [0.1, 0.15) is 0 Å². The predicted molar refractivity (Wildman–Crippen MR) is 125 cm³/mol. The first-order chi connectivity index (χ1) is 15.7. The molecule has 1 aliphatic heterocycles. The summed E-state index contributed by atoms with van der Waals surface area (Å²) in [5, 5.41) is 10.9. The van der Waals surface area contributed by atoms with E-state index in [0.717, 1.165) is 47.2 Å². The van der Waals surface area contributed by atoms with Gasteiger partial charge in [-0.2, -0.15) is 5.10 Å². The van der Waals surface area contributed by atoms with Gasteiger partial charge < -0.3 is 5.32 Å². The Morgan fingerprint density at radius 1 is 1.03 bits per heavy atom. The molecule has 0 bridgehead atoms. The quantitative estimate of drug-likeness (QED) is 0.488. The number of hydrogen-bond acceptors (Lipinski definition) is 5. The molecule has 1 aromatic carbocycles. The predicted octanol–water partition coefficient (Wildman–Crippen LogP) is 4.57. The molecule has 0 unspecified atom stereocenters. The minimum atomic E-state index is -0.263. The summed E-state index contributed by atoms with van der Waals surface area (Å²) in [5.41, 5.74) is 6.07. The van der Waals surface area contributed by atoms with Crippen LogP contribution in [0, 0.1) is 6.92 Å². The number of H-pyrrole nitrogens is 1. The van der Waals surface area contributed by atoms with Gasteiger partial charge in [0.05, 0.1) is 17.4 Å². The van der Waals surface area contributed by atoms with E-state index in [1.807, 2.05) is 43.6 Å². The fraction of sp³-hybridized carbons (Fsp3) is 0.280. The van der Waals surface area contributed by atoms with E-state index in [1.54, 1.807) is 12.4 Å². The Morgan fingerprint density at radius 2 is 1.91 bits per heavy atom. The molecule has 1 amide bonds. The molecule has 7 heteroatoms. The molecular weight excluding hydrogens is 400 g/mol. The molecule has 1 fully saturated rings. The molecule has 4 heterocycles. The van der Waals surface area contributed by atoms with Crippen molar-refractivity contribution in [2.75, 3.05) is 18.4 Å². The van der Waals surface area contributed by atoms with Gasteiger partial charge in [0.25, 0.3) is 5.91 Å². The van der Waals surface area contributed by atoms with Gasteiger partial charge in [0, 0.05) is 36.1 Å². The number of hydrogen-bond donors (Lipinski definition) is 2. The number of pyridine rings is 2. The highest BCUT2D eigenvalue weighted by atomic mass is 16.1. The van der Waals surface area contributed by atoms with Crippen LogP contribution in [0.4, 0.5) is 5.69 Å². The lowest BCUT2D eigenvalue weighted by Gasteiger charge is -2.26. The molecule has 0 radical (unpaired) electrons. The van der Waals surface area contributed by atoms with Crippen molar-refractivity contribution in [2.24, 2.45) is 0 Å². The molecule has 0 spiro atoms. The standard InChI is InChI=1S/C25H26N6O/c1-17-7-8-26-15-23(17)28-25(32)24-21-12-19(5-6-22(21)29-30-24)20-11-18(13-27-14-20)16-31-9-3-2-4-10-31/h5-8,11-15H,2-4,9-10,16H2,1H3,(H,28,32)(H,29,30). The monoisotopic (exact) mass is 426 g/mol. The number of rotatable bonds is 5. The summed E-state index contributed by atoms with van der Waals surface area (Å²) in [6.45, 7) is 5.16. The second kappa shape index (κ2) is 8.88. The van der Waals surface area contributed by atoms with Crippen molar-refractivity contribution in [1.82, 2.24) is 25.1 Å². The number of aryl methyl sites for hydroxylation is 1. The number of benzene rings is 1. The molecule has 2 N–H and O–H groups in total. The highest BCUT2D eigenvalue weighted by Crippen LogP contribution is 2.27. The Kier molecular flexibility index (Phi) is 5.64. The summed E-state index contributed by atoms with van der Waals surface area (Å²) in [6.07, 6.45) is 11.0. The lowest BCUT2D eigenvalue weighted by molar-refractivity contribution is 0.102. The van der Waals surface area contributed by atoms with Gasteiger partial charge in [-0.1, -0.05) is 12.5 Å². The number of carbonyl (C=O) groups is 1.